The van der Waals surface area contributed by atoms with Crippen molar-refractivity contribution in [2.24, 2.45) is 23.7 Å². The highest BCUT2D eigenvalue weighted by Gasteiger charge is 2.53. The van der Waals surface area contributed by atoms with Crippen LogP contribution in [0.4, 0.5) is 0 Å². The fourth-order valence-corrected chi connectivity index (χ4v) is 2.83. The molecule has 2 aliphatic carbocycles. The maximum atomic E-state index is 11.5. The number of nitrogens with one attached hydrogen (secondary N) is 2. The third-order valence-electron chi connectivity index (χ3n) is 3.37. The van der Waals surface area contributed by atoms with Gasteiger partial charge in [0, 0.05) is 0 Å². The van der Waals surface area contributed by atoms with E-state index in [9.17, 15) is 9.59 Å². The molecule has 3 aliphatic rings. The number of hydrazine groups is 1. The molecule has 2 fully saturated rings. The first-order chi connectivity index (χ1) is 6.27. The minimum atomic E-state index is -0.108. The van der Waals surface area contributed by atoms with E-state index < -0.39 is 0 Å². The van der Waals surface area contributed by atoms with Crippen LogP contribution in [0.25, 0.3) is 0 Å². The average Bonchev–Trinajstić information content (AvgIpc) is 2.70. The van der Waals surface area contributed by atoms with Crippen molar-refractivity contribution in [3.05, 3.63) is 12.2 Å². The number of fused-ring (bicyclic) bond motifs is 5. The molecule has 2 N–H and O–H groups in total. The van der Waals surface area contributed by atoms with Gasteiger partial charge in [0.25, 0.3) is 0 Å². The van der Waals surface area contributed by atoms with Crippen molar-refractivity contribution in [2.45, 2.75) is 6.42 Å². The van der Waals surface area contributed by atoms with Crippen molar-refractivity contribution in [1.82, 2.24) is 10.9 Å². The van der Waals surface area contributed by atoms with Gasteiger partial charge in [0.1, 0.15) is 0 Å². The van der Waals surface area contributed by atoms with Gasteiger partial charge in [0.15, 0.2) is 0 Å². The highest BCUT2D eigenvalue weighted by Crippen LogP contribution is 2.48. The molecule has 1 aliphatic heterocycles. The Morgan fingerprint density at radius 3 is 1.92 bits per heavy atom. The van der Waals surface area contributed by atoms with Crippen LogP contribution in [0.1, 0.15) is 6.42 Å². The summed E-state index contributed by atoms with van der Waals surface area (Å²) in [5.41, 5.74) is 4.83. The molecule has 4 atom stereocenters. The third kappa shape index (κ3) is 0.753. The van der Waals surface area contributed by atoms with E-state index in [1.165, 1.54) is 0 Å². The van der Waals surface area contributed by atoms with Crippen molar-refractivity contribution in [3.63, 3.8) is 0 Å². The second-order valence-electron chi connectivity index (χ2n) is 3.98. The molecule has 0 spiro atoms. The average molecular weight is 178 g/mol. The van der Waals surface area contributed by atoms with E-state index in [1.54, 1.807) is 0 Å². The highest BCUT2D eigenvalue weighted by atomic mass is 16.2. The van der Waals surface area contributed by atoms with Crippen molar-refractivity contribution in [2.75, 3.05) is 0 Å². The van der Waals surface area contributed by atoms with Gasteiger partial charge >= 0.3 is 0 Å². The summed E-state index contributed by atoms with van der Waals surface area (Å²) in [4.78, 5) is 22.9. The van der Waals surface area contributed by atoms with Crippen LogP contribution in [0.15, 0.2) is 12.2 Å². The number of hydrogen-bond donors (Lipinski definition) is 2. The van der Waals surface area contributed by atoms with Crippen LogP contribution in [0.3, 0.4) is 0 Å². The van der Waals surface area contributed by atoms with Gasteiger partial charge in [0.2, 0.25) is 11.8 Å². The topological polar surface area (TPSA) is 58.2 Å². The molecule has 0 aromatic rings. The van der Waals surface area contributed by atoms with E-state index in [0.717, 1.165) is 6.42 Å². The van der Waals surface area contributed by atoms with Crippen LogP contribution in [0.5, 0.6) is 0 Å². The monoisotopic (exact) mass is 178 g/mol. The Morgan fingerprint density at radius 1 is 1.00 bits per heavy atom. The summed E-state index contributed by atoms with van der Waals surface area (Å²) in [6.07, 6.45) is 5.12. The number of amides is 2. The van der Waals surface area contributed by atoms with Gasteiger partial charge < -0.3 is 0 Å². The highest BCUT2D eigenvalue weighted by molar-refractivity contribution is 5.94. The molecule has 0 aromatic heterocycles. The molecule has 2 amide bonds. The Labute approximate surface area is 75.3 Å². The van der Waals surface area contributed by atoms with Gasteiger partial charge in [-0.2, -0.15) is 0 Å². The first-order valence-corrected chi connectivity index (χ1v) is 4.55. The lowest BCUT2D eigenvalue weighted by atomic mass is 9.81. The van der Waals surface area contributed by atoms with Gasteiger partial charge in [-0.25, -0.2) is 0 Å². The molecule has 2 bridgehead atoms. The molecule has 68 valence electrons. The molecule has 4 nitrogen and oxygen atoms in total. The summed E-state index contributed by atoms with van der Waals surface area (Å²) in [7, 11) is 0. The number of allylic oxidation sites excluding steroid dienone is 2. The van der Waals surface area contributed by atoms with E-state index in [4.69, 9.17) is 0 Å². The zero-order chi connectivity index (χ0) is 9.00. The normalized spacial score (nSPS) is 45.8. The Hall–Kier alpha value is -1.32. The largest absolute Gasteiger partial charge is 0.273 e. The van der Waals surface area contributed by atoms with Crippen molar-refractivity contribution < 1.29 is 9.59 Å². The number of hydrogen-bond acceptors (Lipinski definition) is 2. The molecule has 13 heavy (non-hydrogen) atoms. The first-order valence-electron chi connectivity index (χ1n) is 4.55. The molecule has 3 rings (SSSR count). The minimum absolute atomic E-state index is 0.0264. The molecule has 0 unspecified atom stereocenters. The summed E-state index contributed by atoms with van der Waals surface area (Å²) in [5, 5.41) is 0. The molecular formula is C9H10N2O2. The zero-order valence-electron chi connectivity index (χ0n) is 6.99. The molecule has 4 heteroatoms. The summed E-state index contributed by atoms with van der Waals surface area (Å²) in [5.74, 6) is 0.317. The van der Waals surface area contributed by atoms with Gasteiger partial charge in [-0.05, 0) is 18.3 Å². The standard InChI is InChI=1S/C9H10N2O2/c12-8-6-4-1-2-5(3-4)7(6)9(13)11-10-8/h1-2,4-7H,3H2,(H,10,12)(H,11,13)/t4-,5+,6-,7-/m1/s1. The van der Waals surface area contributed by atoms with E-state index >= 15 is 0 Å². The summed E-state index contributed by atoms with van der Waals surface area (Å²) >= 11 is 0. The van der Waals surface area contributed by atoms with Crippen molar-refractivity contribution in [1.29, 1.82) is 0 Å². The molecule has 1 saturated heterocycles. The minimum Gasteiger partial charge on any atom is -0.273 e. The lowest BCUT2D eigenvalue weighted by Gasteiger charge is -2.30. The maximum absolute atomic E-state index is 11.5. The number of rotatable bonds is 0. The Balaban J connectivity index is 2.03. The van der Waals surface area contributed by atoms with Crippen LogP contribution in [-0.4, -0.2) is 11.8 Å². The molecule has 0 radical (unpaired) electrons. The predicted octanol–water partition coefficient (Wildman–Crippen LogP) is -0.414. The number of carbonyl (C=O) groups is 2. The molecular weight excluding hydrogens is 168 g/mol. The molecule has 0 aromatic carbocycles. The Kier molecular flexibility index (Phi) is 1.17. The van der Waals surface area contributed by atoms with Crippen molar-refractivity contribution >= 4 is 11.8 Å². The Bertz CT molecular complexity index is 294. The number of carbonyl (C=O) groups excluding carboxylic acids is 2. The van der Waals surface area contributed by atoms with Crippen LogP contribution >= 0.6 is 0 Å². The van der Waals surface area contributed by atoms with Crippen LogP contribution in [0.2, 0.25) is 0 Å². The molecule has 1 heterocycles. The maximum Gasteiger partial charge on any atom is 0.242 e. The quantitative estimate of drug-likeness (QED) is 0.495. The third-order valence-corrected chi connectivity index (χ3v) is 3.37. The van der Waals surface area contributed by atoms with E-state index in [2.05, 4.69) is 23.0 Å². The van der Waals surface area contributed by atoms with Crippen LogP contribution in [0, 0.1) is 23.7 Å². The van der Waals surface area contributed by atoms with Gasteiger partial charge in [-0.15, -0.1) is 0 Å². The van der Waals surface area contributed by atoms with Crippen LogP contribution in [-0.2, 0) is 9.59 Å². The van der Waals surface area contributed by atoms with Gasteiger partial charge in [-0.3, -0.25) is 20.4 Å². The predicted molar refractivity (Wildman–Crippen MR) is 44.0 cm³/mol. The van der Waals surface area contributed by atoms with E-state index in [0.29, 0.717) is 11.8 Å². The van der Waals surface area contributed by atoms with Gasteiger partial charge in [-0.1, -0.05) is 12.2 Å². The summed E-state index contributed by atoms with van der Waals surface area (Å²) in [6.45, 7) is 0. The fraction of sp³-hybridized carbons (Fsp3) is 0.556. The van der Waals surface area contributed by atoms with Gasteiger partial charge in [0.05, 0.1) is 11.8 Å². The Morgan fingerprint density at radius 2 is 1.46 bits per heavy atom. The summed E-state index contributed by atoms with van der Waals surface area (Å²) in [6, 6.07) is 0. The second-order valence-corrected chi connectivity index (χ2v) is 3.98. The lowest BCUT2D eigenvalue weighted by Crippen LogP contribution is -2.57. The van der Waals surface area contributed by atoms with E-state index in [-0.39, 0.29) is 23.7 Å². The fourth-order valence-electron chi connectivity index (χ4n) is 2.83. The molecule has 1 saturated carbocycles. The van der Waals surface area contributed by atoms with Crippen LogP contribution < -0.4 is 10.9 Å². The lowest BCUT2D eigenvalue weighted by molar-refractivity contribution is -0.143. The van der Waals surface area contributed by atoms with E-state index in [1.807, 2.05) is 0 Å². The smallest absolute Gasteiger partial charge is 0.242 e. The summed E-state index contributed by atoms with van der Waals surface area (Å²) < 4.78 is 0. The van der Waals surface area contributed by atoms with Crippen molar-refractivity contribution in [3.8, 4) is 0 Å². The second kappa shape index (κ2) is 2.13. The SMILES string of the molecule is O=C1NNC(=O)[C@H]2[C@H]1[C@@H]1C=C[C@H]2C1. The zero-order valence-corrected chi connectivity index (χ0v) is 6.99. The first kappa shape index (κ1) is 7.12.